The lowest BCUT2D eigenvalue weighted by molar-refractivity contribution is 0.307. The predicted molar refractivity (Wildman–Crippen MR) is 130 cm³/mol. The van der Waals surface area contributed by atoms with Gasteiger partial charge in [-0.05, 0) is 55.0 Å². The molecular weight excluding hydrogens is 496 g/mol. The van der Waals surface area contributed by atoms with Crippen LogP contribution in [0.4, 0.5) is 0 Å². The molecule has 0 saturated carbocycles. The number of halogens is 2. The van der Waals surface area contributed by atoms with Crippen molar-refractivity contribution in [2.75, 3.05) is 0 Å². The fourth-order valence-corrected chi connectivity index (χ4v) is 6.00. The number of aromatic nitrogens is 2. The van der Waals surface area contributed by atoms with E-state index in [1.807, 2.05) is 42.5 Å². The van der Waals surface area contributed by atoms with Crippen molar-refractivity contribution in [3.63, 3.8) is 0 Å². The summed E-state index contributed by atoms with van der Waals surface area (Å²) < 4.78 is 6.98. The topological polar surface area (TPSA) is 55.0 Å². The second kappa shape index (κ2) is 8.41. The first-order valence-corrected chi connectivity index (χ1v) is 12.2. The molecule has 5 rings (SSSR count). The Morgan fingerprint density at radius 2 is 2.13 bits per heavy atom. The summed E-state index contributed by atoms with van der Waals surface area (Å²) in [7, 11) is 0. The molecule has 0 amide bonds. The normalized spacial score (nSPS) is 15.8. The lowest BCUT2D eigenvalue weighted by Crippen LogP contribution is -2.13. The molecule has 0 fully saturated rings. The number of hydrogen-bond donors (Lipinski definition) is 1. The Labute approximate surface area is 197 Å². The quantitative estimate of drug-likeness (QED) is 0.326. The third-order valence-corrected chi connectivity index (χ3v) is 7.71. The average Bonchev–Trinajstić information content (AvgIpc) is 3.11. The van der Waals surface area contributed by atoms with Crippen LogP contribution >= 0.6 is 38.9 Å². The number of ether oxygens (including phenoxy) is 1. The zero-order valence-corrected chi connectivity index (χ0v) is 20.0. The molecule has 7 heteroatoms. The van der Waals surface area contributed by atoms with Gasteiger partial charge in [0.1, 0.15) is 23.0 Å². The highest BCUT2D eigenvalue weighted by Crippen LogP contribution is 2.37. The van der Waals surface area contributed by atoms with Crippen LogP contribution in [0.3, 0.4) is 0 Å². The number of benzene rings is 2. The minimum absolute atomic E-state index is 0.0796. The molecule has 4 aromatic rings. The van der Waals surface area contributed by atoms with Crippen molar-refractivity contribution in [2.24, 2.45) is 5.92 Å². The van der Waals surface area contributed by atoms with Crippen LogP contribution in [-0.4, -0.2) is 9.97 Å². The molecule has 0 radical (unpaired) electrons. The van der Waals surface area contributed by atoms with Gasteiger partial charge in [0.2, 0.25) is 0 Å². The van der Waals surface area contributed by atoms with Crippen LogP contribution in [0.15, 0.2) is 51.7 Å². The Morgan fingerprint density at radius 1 is 1.29 bits per heavy atom. The van der Waals surface area contributed by atoms with Gasteiger partial charge in [-0.15, -0.1) is 11.3 Å². The number of H-pyrrole nitrogens is 1. The number of fused-ring (bicyclic) bond motifs is 3. The van der Waals surface area contributed by atoms with Crippen molar-refractivity contribution in [3.05, 3.63) is 78.3 Å². The minimum atomic E-state index is -0.0796. The standard InChI is InChI=1S/C24H20BrClN2O2S/c1-13-6-8-16-20(10-13)31-24-21(16)23(29)27-22(28-24)17-11-15(25)7-9-19(17)30-12-14-4-2-3-5-18(14)26/h2-5,7,9,11,13H,6,8,10,12H2,1H3,(H,27,28,29). The summed E-state index contributed by atoms with van der Waals surface area (Å²) in [4.78, 5) is 23.0. The summed E-state index contributed by atoms with van der Waals surface area (Å²) in [5.41, 5.74) is 2.74. The van der Waals surface area contributed by atoms with E-state index < -0.39 is 0 Å². The van der Waals surface area contributed by atoms with Gasteiger partial charge in [0.15, 0.2) is 0 Å². The largest absolute Gasteiger partial charge is 0.488 e. The number of aryl methyl sites for hydroxylation is 1. The molecule has 1 aliphatic carbocycles. The predicted octanol–water partition coefficient (Wildman–Crippen LogP) is 6.77. The van der Waals surface area contributed by atoms with E-state index in [4.69, 9.17) is 21.3 Å². The third kappa shape index (κ3) is 4.04. The molecule has 31 heavy (non-hydrogen) atoms. The van der Waals surface area contributed by atoms with E-state index in [0.717, 1.165) is 45.1 Å². The highest BCUT2D eigenvalue weighted by Gasteiger charge is 2.23. The Balaban J connectivity index is 1.56. The van der Waals surface area contributed by atoms with Crippen LogP contribution in [0.25, 0.3) is 21.6 Å². The number of hydrogen-bond acceptors (Lipinski definition) is 4. The fourth-order valence-electron chi connectivity index (χ4n) is 4.06. The van der Waals surface area contributed by atoms with Crippen LogP contribution in [-0.2, 0) is 19.4 Å². The molecule has 1 atom stereocenters. The molecule has 0 aliphatic heterocycles. The second-order valence-electron chi connectivity index (χ2n) is 7.97. The summed E-state index contributed by atoms with van der Waals surface area (Å²) in [6.45, 7) is 2.59. The van der Waals surface area contributed by atoms with Crippen LogP contribution in [0.5, 0.6) is 5.75 Å². The molecule has 0 spiro atoms. The Hall–Kier alpha value is -2.15. The molecule has 2 aromatic carbocycles. The summed E-state index contributed by atoms with van der Waals surface area (Å²) in [6, 6.07) is 13.3. The zero-order valence-electron chi connectivity index (χ0n) is 16.9. The van der Waals surface area contributed by atoms with Crippen molar-refractivity contribution in [2.45, 2.75) is 32.8 Å². The Morgan fingerprint density at radius 3 is 2.97 bits per heavy atom. The highest BCUT2D eigenvalue weighted by atomic mass is 79.9. The van der Waals surface area contributed by atoms with Gasteiger partial charge < -0.3 is 9.72 Å². The molecule has 158 valence electrons. The molecule has 1 aliphatic rings. The van der Waals surface area contributed by atoms with Gasteiger partial charge in [-0.2, -0.15) is 0 Å². The van der Waals surface area contributed by atoms with E-state index in [1.165, 1.54) is 10.4 Å². The third-order valence-electron chi connectivity index (χ3n) is 5.70. The number of nitrogens with zero attached hydrogens (tertiary/aromatic N) is 1. The number of thiophene rings is 1. The Bertz CT molecular complexity index is 1350. The molecular formula is C24H20BrClN2O2S. The highest BCUT2D eigenvalue weighted by molar-refractivity contribution is 9.10. The van der Waals surface area contributed by atoms with Crippen molar-refractivity contribution in [1.82, 2.24) is 9.97 Å². The molecule has 1 unspecified atom stereocenters. The van der Waals surface area contributed by atoms with Gasteiger partial charge in [-0.1, -0.05) is 52.7 Å². The lowest BCUT2D eigenvalue weighted by Gasteiger charge is -2.17. The SMILES string of the molecule is CC1CCc2c(sc3nc(-c4cc(Br)ccc4OCc4ccccc4Cl)[nH]c(=O)c23)C1. The molecule has 2 heterocycles. The van der Waals surface area contributed by atoms with Gasteiger partial charge in [0.05, 0.1) is 10.9 Å². The summed E-state index contributed by atoms with van der Waals surface area (Å²) in [5.74, 6) is 1.80. The van der Waals surface area contributed by atoms with Crippen molar-refractivity contribution in [3.8, 4) is 17.1 Å². The van der Waals surface area contributed by atoms with Crippen molar-refractivity contribution >= 4 is 49.1 Å². The van der Waals surface area contributed by atoms with E-state index in [9.17, 15) is 4.79 Å². The van der Waals surface area contributed by atoms with Gasteiger partial charge in [0, 0.05) is 19.9 Å². The van der Waals surface area contributed by atoms with Gasteiger partial charge in [-0.25, -0.2) is 4.98 Å². The minimum Gasteiger partial charge on any atom is -0.488 e. The Kier molecular flexibility index (Phi) is 5.63. The maximum absolute atomic E-state index is 13.0. The molecule has 0 saturated heterocycles. The zero-order chi connectivity index (χ0) is 21.5. The first-order valence-electron chi connectivity index (χ1n) is 10.2. The van der Waals surface area contributed by atoms with Crippen LogP contribution < -0.4 is 10.3 Å². The fraction of sp³-hybridized carbons (Fsp3) is 0.250. The van der Waals surface area contributed by atoms with Gasteiger partial charge in [-0.3, -0.25) is 4.79 Å². The first-order chi connectivity index (χ1) is 15.0. The summed E-state index contributed by atoms with van der Waals surface area (Å²) in [5, 5.41) is 1.41. The number of aromatic amines is 1. The van der Waals surface area contributed by atoms with Crippen LogP contribution in [0, 0.1) is 5.92 Å². The van der Waals surface area contributed by atoms with Crippen LogP contribution in [0.1, 0.15) is 29.3 Å². The smallest absolute Gasteiger partial charge is 0.260 e. The maximum atomic E-state index is 13.0. The maximum Gasteiger partial charge on any atom is 0.260 e. The lowest BCUT2D eigenvalue weighted by atomic mass is 9.89. The van der Waals surface area contributed by atoms with E-state index in [-0.39, 0.29) is 5.56 Å². The average molecular weight is 516 g/mol. The summed E-state index contributed by atoms with van der Waals surface area (Å²) in [6.07, 6.45) is 3.09. The van der Waals surface area contributed by atoms with E-state index in [1.54, 1.807) is 11.3 Å². The van der Waals surface area contributed by atoms with Crippen molar-refractivity contribution in [1.29, 1.82) is 0 Å². The molecule has 4 nitrogen and oxygen atoms in total. The number of nitrogens with one attached hydrogen (secondary N) is 1. The summed E-state index contributed by atoms with van der Waals surface area (Å²) >= 11 is 11.4. The van der Waals surface area contributed by atoms with Crippen LogP contribution in [0.2, 0.25) is 5.02 Å². The van der Waals surface area contributed by atoms with E-state index >= 15 is 0 Å². The van der Waals surface area contributed by atoms with E-state index in [2.05, 4.69) is 27.8 Å². The van der Waals surface area contributed by atoms with Crippen molar-refractivity contribution < 1.29 is 4.74 Å². The van der Waals surface area contributed by atoms with E-state index in [0.29, 0.717) is 29.1 Å². The first kappa shape index (κ1) is 20.7. The molecule has 1 N–H and O–H groups in total. The second-order valence-corrected chi connectivity index (χ2v) is 10.4. The molecule has 0 bridgehead atoms. The molecule has 2 aromatic heterocycles. The monoisotopic (exact) mass is 514 g/mol. The number of rotatable bonds is 4. The van der Waals surface area contributed by atoms with Gasteiger partial charge in [0.25, 0.3) is 5.56 Å². The van der Waals surface area contributed by atoms with Gasteiger partial charge >= 0.3 is 0 Å².